The average molecular weight is 551 g/mol. The lowest BCUT2D eigenvalue weighted by Gasteiger charge is -2.32. The van der Waals surface area contributed by atoms with Crippen molar-refractivity contribution in [2.75, 3.05) is 11.9 Å². The summed E-state index contributed by atoms with van der Waals surface area (Å²) in [4.78, 5) is 32.3. The predicted octanol–water partition coefficient (Wildman–Crippen LogP) is 6.99. The lowest BCUT2D eigenvalue weighted by Crippen LogP contribution is -2.46. The van der Waals surface area contributed by atoms with E-state index in [2.05, 4.69) is 10.3 Å². The van der Waals surface area contributed by atoms with E-state index in [9.17, 15) is 14.0 Å². The van der Waals surface area contributed by atoms with Crippen molar-refractivity contribution in [2.45, 2.75) is 18.1 Å². The first-order valence-corrected chi connectivity index (χ1v) is 12.6. The monoisotopic (exact) mass is 549 g/mol. The fraction of sp³-hybridized carbons (Fsp3) is 0.160. The normalized spacial score (nSPS) is 17.0. The van der Waals surface area contributed by atoms with Crippen molar-refractivity contribution < 1.29 is 14.0 Å². The van der Waals surface area contributed by atoms with E-state index in [1.165, 1.54) is 23.9 Å². The first-order valence-electron chi connectivity index (χ1n) is 10.6. The number of carbonyl (C=O) groups excluding carboxylic acids is 2. The first-order chi connectivity index (χ1) is 16.8. The maximum Gasteiger partial charge on any atom is 0.238 e. The van der Waals surface area contributed by atoms with Gasteiger partial charge >= 0.3 is 0 Å². The zero-order valence-electron chi connectivity index (χ0n) is 18.2. The third-order valence-electron chi connectivity index (χ3n) is 5.15. The number of rotatable bonds is 6. The van der Waals surface area contributed by atoms with Crippen LogP contribution in [0, 0.1) is 5.82 Å². The number of benzene rings is 3. The number of amides is 2. The van der Waals surface area contributed by atoms with Crippen LogP contribution < -0.4 is 5.32 Å². The second-order valence-corrected chi connectivity index (χ2v) is 10.2. The molecule has 1 saturated heterocycles. The molecule has 4 rings (SSSR count). The largest absolute Gasteiger partial charge is 0.325 e. The molecular formula is C25H19Cl3FN3O2S. The molecule has 0 spiro atoms. The van der Waals surface area contributed by atoms with E-state index in [-0.39, 0.29) is 24.1 Å². The maximum atomic E-state index is 13.2. The van der Waals surface area contributed by atoms with Gasteiger partial charge in [0.15, 0.2) is 5.17 Å². The summed E-state index contributed by atoms with van der Waals surface area (Å²) in [5, 5.41) is 3.81. The number of thioether (sulfide) groups is 1. The summed E-state index contributed by atoms with van der Waals surface area (Å²) >= 11 is 19.2. The number of halogens is 4. The number of carbonyl (C=O) groups is 2. The smallest absolute Gasteiger partial charge is 0.238 e. The van der Waals surface area contributed by atoms with Gasteiger partial charge in [0.1, 0.15) is 11.1 Å². The number of hydrogen-bond acceptors (Lipinski definition) is 4. The van der Waals surface area contributed by atoms with Crippen molar-refractivity contribution in [2.24, 2.45) is 4.99 Å². The second kappa shape index (κ2) is 11.4. The molecule has 0 unspecified atom stereocenters. The quantitative estimate of drug-likeness (QED) is 0.360. The molecule has 0 aromatic heterocycles. The minimum Gasteiger partial charge on any atom is -0.325 e. The van der Waals surface area contributed by atoms with Crippen LogP contribution in [-0.2, 0) is 16.0 Å². The van der Waals surface area contributed by atoms with E-state index >= 15 is 0 Å². The summed E-state index contributed by atoms with van der Waals surface area (Å²) in [7, 11) is 0. The molecule has 2 amide bonds. The third-order valence-corrected chi connectivity index (χ3v) is 7.03. The zero-order valence-corrected chi connectivity index (χ0v) is 21.3. The van der Waals surface area contributed by atoms with E-state index in [4.69, 9.17) is 34.8 Å². The molecule has 3 aromatic rings. The summed E-state index contributed by atoms with van der Waals surface area (Å²) in [6.07, 6.45) is 0.498. The van der Waals surface area contributed by atoms with Crippen molar-refractivity contribution in [3.63, 3.8) is 0 Å². The molecule has 1 aliphatic rings. The molecule has 3 aromatic carbocycles. The van der Waals surface area contributed by atoms with Crippen molar-refractivity contribution in [1.29, 1.82) is 0 Å². The van der Waals surface area contributed by atoms with Crippen LogP contribution >= 0.6 is 46.6 Å². The summed E-state index contributed by atoms with van der Waals surface area (Å²) in [6, 6.07) is 17.7. The van der Waals surface area contributed by atoms with Gasteiger partial charge in [0, 0.05) is 33.7 Å². The molecule has 0 saturated carbocycles. The van der Waals surface area contributed by atoms with Gasteiger partial charge < -0.3 is 5.32 Å². The highest BCUT2D eigenvalue weighted by atomic mass is 35.5. The molecule has 10 heteroatoms. The Bertz CT molecular complexity index is 1250. The summed E-state index contributed by atoms with van der Waals surface area (Å²) < 4.78 is 13.2. The highest BCUT2D eigenvalue weighted by molar-refractivity contribution is 8.15. The topological polar surface area (TPSA) is 61.8 Å². The van der Waals surface area contributed by atoms with Crippen molar-refractivity contribution in [3.8, 4) is 0 Å². The molecule has 1 atom stereocenters. The van der Waals surface area contributed by atoms with Crippen LogP contribution in [0.25, 0.3) is 0 Å². The van der Waals surface area contributed by atoms with E-state index in [0.29, 0.717) is 44.6 Å². The Kier molecular flexibility index (Phi) is 8.34. The number of nitrogens with zero attached hydrogens (tertiary/aromatic N) is 2. The first kappa shape index (κ1) is 25.5. The Hall–Kier alpha value is -2.58. The number of anilines is 1. The van der Waals surface area contributed by atoms with Gasteiger partial charge in [-0.05, 0) is 66.6 Å². The summed E-state index contributed by atoms with van der Waals surface area (Å²) in [5.74, 6) is -0.912. The van der Waals surface area contributed by atoms with Gasteiger partial charge in [-0.15, -0.1) is 0 Å². The van der Waals surface area contributed by atoms with Gasteiger partial charge in [-0.3, -0.25) is 14.5 Å². The Balaban J connectivity index is 1.55. The number of hydrogen-bond donors (Lipinski definition) is 1. The molecule has 1 aliphatic heterocycles. The predicted molar refractivity (Wildman–Crippen MR) is 141 cm³/mol. The molecule has 1 fully saturated rings. The van der Waals surface area contributed by atoms with Gasteiger partial charge in [-0.2, -0.15) is 0 Å². The zero-order chi connectivity index (χ0) is 24.9. The SMILES string of the molecule is O=C(Nc1cc(Cl)cc(Cl)c1)[C@H]1CC(=O)N(CCc2ccc(F)cc2)C(=Nc2ccc(Cl)cc2)S1. The molecule has 180 valence electrons. The highest BCUT2D eigenvalue weighted by Crippen LogP contribution is 2.31. The lowest BCUT2D eigenvalue weighted by molar-refractivity contribution is -0.129. The van der Waals surface area contributed by atoms with Crippen molar-refractivity contribution in [1.82, 2.24) is 4.90 Å². The standard InChI is InChI=1S/C25H19Cl3FN3O2S/c26-16-3-7-20(8-4-16)31-25-32(10-9-15-1-5-19(29)6-2-15)23(33)14-22(35-25)24(34)30-21-12-17(27)11-18(28)13-21/h1-8,11-13,22H,9-10,14H2,(H,30,34)/t22-/m1/s1. The molecule has 5 nitrogen and oxygen atoms in total. The molecule has 1 heterocycles. The number of aliphatic imine (C=N–C) groups is 1. The molecule has 35 heavy (non-hydrogen) atoms. The molecule has 0 bridgehead atoms. The molecular weight excluding hydrogens is 532 g/mol. The van der Waals surface area contributed by atoms with Crippen LogP contribution in [0.4, 0.5) is 15.8 Å². The maximum absolute atomic E-state index is 13.2. The number of nitrogens with one attached hydrogen (secondary N) is 1. The fourth-order valence-electron chi connectivity index (χ4n) is 3.43. The van der Waals surface area contributed by atoms with Crippen LogP contribution in [0.2, 0.25) is 15.1 Å². The van der Waals surface area contributed by atoms with Crippen LogP contribution in [0.15, 0.2) is 71.7 Å². The van der Waals surface area contributed by atoms with Crippen molar-refractivity contribution in [3.05, 3.63) is 93.2 Å². The fourth-order valence-corrected chi connectivity index (χ4v) is 5.20. The van der Waals surface area contributed by atoms with Gasteiger partial charge in [-0.25, -0.2) is 9.38 Å². The van der Waals surface area contributed by atoms with Gasteiger partial charge in [0.25, 0.3) is 0 Å². The van der Waals surface area contributed by atoms with Gasteiger partial charge in [0.2, 0.25) is 11.8 Å². The Morgan fingerprint density at radius 1 is 1.00 bits per heavy atom. The number of amidine groups is 1. The van der Waals surface area contributed by atoms with Crippen LogP contribution in [0.1, 0.15) is 12.0 Å². The second-order valence-electron chi connectivity index (χ2n) is 7.75. The van der Waals surface area contributed by atoms with E-state index in [0.717, 1.165) is 5.56 Å². The minimum absolute atomic E-state index is 0.00610. The van der Waals surface area contributed by atoms with Gasteiger partial charge in [0.05, 0.1) is 5.69 Å². The Morgan fingerprint density at radius 2 is 1.66 bits per heavy atom. The van der Waals surface area contributed by atoms with Crippen molar-refractivity contribution >= 4 is 74.9 Å². The Labute approximate surface area is 221 Å². The molecule has 0 radical (unpaired) electrons. The average Bonchev–Trinajstić information content (AvgIpc) is 2.80. The van der Waals surface area contributed by atoms with E-state index in [1.54, 1.807) is 59.5 Å². The van der Waals surface area contributed by atoms with Crippen LogP contribution in [-0.4, -0.2) is 33.7 Å². The third kappa shape index (κ3) is 6.98. The summed E-state index contributed by atoms with van der Waals surface area (Å²) in [5.41, 5.74) is 1.92. The molecule has 1 N–H and O–H groups in total. The van der Waals surface area contributed by atoms with Gasteiger partial charge in [-0.1, -0.05) is 58.7 Å². The van der Waals surface area contributed by atoms with E-state index in [1.807, 2.05) is 0 Å². The Morgan fingerprint density at radius 3 is 2.31 bits per heavy atom. The van der Waals surface area contributed by atoms with Crippen LogP contribution in [0.3, 0.4) is 0 Å². The lowest BCUT2D eigenvalue weighted by atomic mass is 10.1. The highest BCUT2D eigenvalue weighted by Gasteiger charge is 2.35. The summed E-state index contributed by atoms with van der Waals surface area (Å²) in [6.45, 7) is 0.335. The van der Waals surface area contributed by atoms with E-state index < -0.39 is 5.25 Å². The molecule has 0 aliphatic carbocycles. The van der Waals surface area contributed by atoms with Crippen LogP contribution in [0.5, 0.6) is 0 Å². The minimum atomic E-state index is -0.701.